The molecule has 1 aromatic heterocycles. The highest BCUT2D eigenvalue weighted by Crippen LogP contribution is 2.23. The highest BCUT2D eigenvalue weighted by atomic mass is 35.5. The van der Waals surface area contributed by atoms with Crippen molar-refractivity contribution in [2.24, 2.45) is 5.92 Å². The first-order valence-corrected chi connectivity index (χ1v) is 5.56. The molecule has 8 heteroatoms. The van der Waals surface area contributed by atoms with Gasteiger partial charge in [0.05, 0.1) is 15.9 Å². The Bertz CT molecular complexity index is 466. The molecule has 1 heterocycles. The Labute approximate surface area is 108 Å². The first-order chi connectivity index (χ1) is 8.41. The van der Waals surface area contributed by atoms with E-state index in [1.165, 1.54) is 6.07 Å². The number of carboxylic acid groups (broad SMARTS) is 1. The van der Waals surface area contributed by atoms with Crippen molar-refractivity contribution in [1.82, 2.24) is 4.98 Å². The molecule has 0 saturated heterocycles. The molecule has 0 amide bonds. The lowest BCUT2D eigenvalue weighted by molar-refractivity contribution is -0.385. The zero-order chi connectivity index (χ0) is 13.7. The molecule has 0 aromatic carbocycles. The third-order valence-corrected chi connectivity index (χ3v) is 2.62. The number of rotatable bonds is 6. The molecule has 98 valence electrons. The molecule has 1 aromatic rings. The molecule has 0 fully saturated rings. The minimum absolute atomic E-state index is 0.132. The number of carbonyl (C=O) groups is 1. The first-order valence-electron chi connectivity index (χ1n) is 5.18. The number of nitrogens with zero attached hydrogens (tertiary/aromatic N) is 2. The maximum absolute atomic E-state index is 10.6. The van der Waals surface area contributed by atoms with E-state index in [0.717, 1.165) is 6.20 Å². The molecule has 0 aliphatic carbocycles. The van der Waals surface area contributed by atoms with E-state index in [1.807, 2.05) is 0 Å². The van der Waals surface area contributed by atoms with E-state index in [4.69, 9.17) is 16.7 Å². The van der Waals surface area contributed by atoms with E-state index in [-0.39, 0.29) is 10.7 Å². The quantitative estimate of drug-likeness (QED) is 0.608. The van der Waals surface area contributed by atoms with Crippen LogP contribution in [0.2, 0.25) is 5.02 Å². The minimum Gasteiger partial charge on any atom is -0.481 e. The summed E-state index contributed by atoms with van der Waals surface area (Å²) in [5.41, 5.74) is -0.190. The van der Waals surface area contributed by atoms with E-state index >= 15 is 0 Å². The second-order valence-corrected chi connectivity index (χ2v) is 4.14. The number of aromatic nitrogens is 1. The van der Waals surface area contributed by atoms with Crippen molar-refractivity contribution in [2.45, 2.75) is 13.3 Å². The fraction of sp³-hybridized carbons (Fsp3) is 0.400. The van der Waals surface area contributed by atoms with Crippen molar-refractivity contribution in [3.63, 3.8) is 0 Å². The number of aliphatic carboxylic acids is 1. The van der Waals surface area contributed by atoms with Gasteiger partial charge < -0.3 is 10.4 Å². The number of nitrogens with one attached hydrogen (secondary N) is 1. The molecule has 1 unspecified atom stereocenters. The normalized spacial score (nSPS) is 11.9. The molecular formula is C10H12ClN3O4. The summed E-state index contributed by atoms with van der Waals surface area (Å²) in [6.45, 7) is 1.97. The summed E-state index contributed by atoms with van der Waals surface area (Å²) in [7, 11) is 0. The van der Waals surface area contributed by atoms with Gasteiger partial charge in [-0.15, -0.1) is 0 Å². The minimum atomic E-state index is -0.875. The lowest BCUT2D eigenvalue weighted by Crippen LogP contribution is -2.15. The van der Waals surface area contributed by atoms with Crippen LogP contribution in [0, 0.1) is 16.0 Å². The van der Waals surface area contributed by atoms with Crippen LogP contribution >= 0.6 is 11.6 Å². The molecule has 1 rings (SSSR count). The standard InChI is InChI=1S/C10H12ClN3O4/c1-6(10(15)16)2-3-12-9-8(11)4-7(5-13-9)14(17)18/h4-6H,2-3H2,1H3,(H,12,13)(H,15,16). The molecule has 0 spiro atoms. The molecule has 2 N–H and O–H groups in total. The van der Waals surface area contributed by atoms with Gasteiger partial charge >= 0.3 is 5.97 Å². The zero-order valence-electron chi connectivity index (χ0n) is 9.59. The number of anilines is 1. The van der Waals surface area contributed by atoms with E-state index in [9.17, 15) is 14.9 Å². The number of hydrogen-bond donors (Lipinski definition) is 2. The lowest BCUT2D eigenvalue weighted by atomic mass is 10.1. The molecule has 0 aliphatic heterocycles. The third-order valence-electron chi connectivity index (χ3n) is 2.33. The highest BCUT2D eigenvalue weighted by Gasteiger charge is 2.12. The summed E-state index contributed by atoms with van der Waals surface area (Å²) in [4.78, 5) is 24.3. The van der Waals surface area contributed by atoms with E-state index < -0.39 is 16.8 Å². The van der Waals surface area contributed by atoms with Gasteiger partial charge in [-0.2, -0.15) is 0 Å². The molecule has 1 atom stereocenters. The average molecular weight is 274 g/mol. The second-order valence-electron chi connectivity index (χ2n) is 3.74. The van der Waals surface area contributed by atoms with Crippen LogP contribution in [-0.4, -0.2) is 27.5 Å². The highest BCUT2D eigenvalue weighted by molar-refractivity contribution is 6.33. The summed E-state index contributed by atoms with van der Waals surface area (Å²) in [6, 6.07) is 1.19. The Morgan fingerprint density at radius 2 is 2.39 bits per heavy atom. The summed E-state index contributed by atoms with van der Waals surface area (Å²) in [5, 5.41) is 22.1. The van der Waals surface area contributed by atoms with Gasteiger partial charge in [0.25, 0.3) is 5.69 Å². The van der Waals surface area contributed by atoms with Crippen LogP contribution in [-0.2, 0) is 4.79 Å². The Kier molecular flexibility index (Phi) is 4.85. The fourth-order valence-corrected chi connectivity index (χ4v) is 1.42. The Morgan fingerprint density at radius 1 is 1.72 bits per heavy atom. The van der Waals surface area contributed by atoms with Crippen LogP contribution in [0.15, 0.2) is 12.3 Å². The average Bonchev–Trinajstić information content (AvgIpc) is 2.30. The zero-order valence-corrected chi connectivity index (χ0v) is 10.3. The van der Waals surface area contributed by atoms with Gasteiger partial charge in [0.1, 0.15) is 12.0 Å². The SMILES string of the molecule is CC(CCNc1ncc([N+](=O)[O-])cc1Cl)C(=O)O. The number of carboxylic acids is 1. The molecule has 18 heavy (non-hydrogen) atoms. The maximum atomic E-state index is 10.6. The largest absolute Gasteiger partial charge is 0.481 e. The Balaban J connectivity index is 2.58. The van der Waals surface area contributed by atoms with Crippen molar-refractivity contribution in [3.8, 4) is 0 Å². The molecule has 7 nitrogen and oxygen atoms in total. The second kappa shape index (κ2) is 6.15. The van der Waals surface area contributed by atoms with E-state index in [2.05, 4.69) is 10.3 Å². The van der Waals surface area contributed by atoms with Crippen LogP contribution in [0.1, 0.15) is 13.3 Å². The number of hydrogen-bond acceptors (Lipinski definition) is 5. The van der Waals surface area contributed by atoms with E-state index in [1.54, 1.807) is 6.92 Å². The monoisotopic (exact) mass is 273 g/mol. The molecule has 0 aliphatic rings. The maximum Gasteiger partial charge on any atom is 0.306 e. The Morgan fingerprint density at radius 3 is 2.89 bits per heavy atom. The van der Waals surface area contributed by atoms with Gasteiger partial charge in [-0.1, -0.05) is 18.5 Å². The third kappa shape index (κ3) is 3.85. The van der Waals surface area contributed by atoms with Gasteiger partial charge in [-0.25, -0.2) is 4.98 Å². The number of halogens is 1. The summed E-state index contributed by atoms with van der Waals surface area (Å²) < 4.78 is 0. The summed E-state index contributed by atoms with van der Waals surface area (Å²) in [6.07, 6.45) is 1.50. The number of nitro groups is 1. The van der Waals surface area contributed by atoms with Gasteiger partial charge in [0.2, 0.25) is 0 Å². The first kappa shape index (κ1) is 14.2. The molecule has 0 saturated carbocycles. The van der Waals surface area contributed by atoms with E-state index in [0.29, 0.717) is 18.8 Å². The smallest absolute Gasteiger partial charge is 0.306 e. The van der Waals surface area contributed by atoms with Crippen molar-refractivity contribution in [2.75, 3.05) is 11.9 Å². The molecule has 0 bridgehead atoms. The van der Waals surface area contributed by atoms with Gasteiger partial charge in [0.15, 0.2) is 0 Å². The van der Waals surface area contributed by atoms with Crippen LogP contribution in [0.25, 0.3) is 0 Å². The summed E-state index contributed by atoms with van der Waals surface area (Å²) >= 11 is 5.81. The summed E-state index contributed by atoms with van der Waals surface area (Å²) in [5.74, 6) is -1.05. The van der Waals surface area contributed by atoms with Gasteiger partial charge in [0, 0.05) is 12.6 Å². The van der Waals surface area contributed by atoms with Crippen molar-refractivity contribution < 1.29 is 14.8 Å². The molecule has 0 radical (unpaired) electrons. The predicted molar refractivity (Wildman–Crippen MR) is 65.8 cm³/mol. The van der Waals surface area contributed by atoms with Crippen LogP contribution in [0.3, 0.4) is 0 Å². The van der Waals surface area contributed by atoms with Crippen LogP contribution in [0.5, 0.6) is 0 Å². The number of pyridine rings is 1. The lowest BCUT2D eigenvalue weighted by Gasteiger charge is -2.09. The van der Waals surface area contributed by atoms with Crippen molar-refractivity contribution in [1.29, 1.82) is 0 Å². The molecular weight excluding hydrogens is 262 g/mol. The van der Waals surface area contributed by atoms with Gasteiger partial charge in [-0.3, -0.25) is 14.9 Å². The fourth-order valence-electron chi connectivity index (χ4n) is 1.19. The topological polar surface area (TPSA) is 105 Å². The van der Waals surface area contributed by atoms with Crippen LogP contribution < -0.4 is 5.32 Å². The van der Waals surface area contributed by atoms with Gasteiger partial charge in [-0.05, 0) is 6.42 Å². The Hall–Kier alpha value is -1.89. The van der Waals surface area contributed by atoms with Crippen molar-refractivity contribution >= 4 is 29.1 Å². The van der Waals surface area contributed by atoms with Crippen LogP contribution in [0.4, 0.5) is 11.5 Å². The predicted octanol–water partition coefficient (Wildman–Crippen LogP) is 2.17. The van der Waals surface area contributed by atoms with Crippen molar-refractivity contribution in [3.05, 3.63) is 27.4 Å².